The fourth-order valence-electron chi connectivity index (χ4n) is 1.84. The molecule has 0 unspecified atom stereocenters. The fourth-order valence-corrected chi connectivity index (χ4v) is 1.84. The number of carboxylic acids is 1. The molecule has 1 aromatic carbocycles. The first-order chi connectivity index (χ1) is 8.99. The zero-order valence-corrected chi connectivity index (χ0v) is 11.3. The van der Waals surface area contributed by atoms with E-state index in [1.807, 2.05) is 44.2 Å². The Morgan fingerprint density at radius 2 is 1.84 bits per heavy atom. The zero-order valence-electron chi connectivity index (χ0n) is 11.3. The van der Waals surface area contributed by atoms with Crippen molar-refractivity contribution in [1.82, 2.24) is 0 Å². The third-order valence-electron chi connectivity index (χ3n) is 2.76. The van der Waals surface area contributed by atoms with E-state index in [4.69, 9.17) is 9.84 Å². The van der Waals surface area contributed by atoms with E-state index in [0.717, 1.165) is 5.56 Å². The third kappa shape index (κ3) is 6.04. The lowest BCUT2D eigenvalue weighted by Crippen LogP contribution is -2.21. The maximum atomic E-state index is 11.6. The highest BCUT2D eigenvalue weighted by Crippen LogP contribution is 2.16. The van der Waals surface area contributed by atoms with Crippen LogP contribution >= 0.6 is 0 Å². The highest BCUT2D eigenvalue weighted by Gasteiger charge is 2.23. The van der Waals surface area contributed by atoms with Crippen LogP contribution in [-0.4, -0.2) is 17.0 Å². The lowest BCUT2D eigenvalue weighted by Gasteiger charge is -2.14. The Kier molecular flexibility index (Phi) is 6.06. The second kappa shape index (κ2) is 7.56. The third-order valence-corrected chi connectivity index (χ3v) is 2.76. The van der Waals surface area contributed by atoms with Gasteiger partial charge >= 0.3 is 11.9 Å². The van der Waals surface area contributed by atoms with Crippen LogP contribution in [0.4, 0.5) is 0 Å². The van der Waals surface area contributed by atoms with Gasteiger partial charge in [-0.1, -0.05) is 44.2 Å². The number of carbonyl (C=O) groups is 2. The molecule has 0 spiro atoms. The van der Waals surface area contributed by atoms with Gasteiger partial charge in [0, 0.05) is 0 Å². The van der Waals surface area contributed by atoms with E-state index in [9.17, 15) is 9.59 Å². The van der Waals surface area contributed by atoms with Gasteiger partial charge in [-0.05, 0) is 17.9 Å². The molecule has 1 N–H and O–H groups in total. The Labute approximate surface area is 113 Å². The predicted molar refractivity (Wildman–Crippen MR) is 71.4 cm³/mol. The van der Waals surface area contributed by atoms with Crippen molar-refractivity contribution in [3.8, 4) is 0 Å². The highest BCUT2D eigenvalue weighted by molar-refractivity contribution is 5.78. The van der Waals surface area contributed by atoms with Crippen LogP contribution in [-0.2, 0) is 20.9 Å². The molecule has 0 amide bonds. The molecule has 1 atom stereocenters. The van der Waals surface area contributed by atoms with Crippen LogP contribution in [0, 0.1) is 11.8 Å². The van der Waals surface area contributed by atoms with Gasteiger partial charge in [0.1, 0.15) is 6.61 Å². The number of esters is 1. The second-order valence-electron chi connectivity index (χ2n) is 5.02. The molecule has 1 aromatic rings. The average Bonchev–Trinajstić information content (AvgIpc) is 2.36. The molecule has 0 aliphatic rings. The summed E-state index contributed by atoms with van der Waals surface area (Å²) < 4.78 is 5.09. The summed E-state index contributed by atoms with van der Waals surface area (Å²) >= 11 is 0. The predicted octanol–water partition coefficient (Wildman–Crippen LogP) is 2.87. The van der Waals surface area contributed by atoms with Gasteiger partial charge in [-0.3, -0.25) is 9.59 Å². The number of carboxylic acid groups (broad SMARTS) is 1. The van der Waals surface area contributed by atoms with Gasteiger partial charge in [0.25, 0.3) is 0 Å². The summed E-state index contributed by atoms with van der Waals surface area (Å²) in [7, 11) is 0. The molecule has 1 rings (SSSR count). The average molecular weight is 264 g/mol. The van der Waals surface area contributed by atoms with Crippen molar-refractivity contribution in [1.29, 1.82) is 0 Å². The van der Waals surface area contributed by atoms with E-state index >= 15 is 0 Å². The van der Waals surface area contributed by atoms with Crippen LogP contribution in [0.15, 0.2) is 30.3 Å². The van der Waals surface area contributed by atoms with Crippen LogP contribution < -0.4 is 0 Å². The Morgan fingerprint density at radius 3 is 2.37 bits per heavy atom. The topological polar surface area (TPSA) is 63.6 Å². The van der Waals surface area contributed by atoms with E-state index in [1.165, 1.54) is 0 Å². The maximum Gasteiger partial charge on any atom is 0.307 e. The van der Waals surface area contributed by atoms with E-state index in [1.54, 1.807) is 0 Å². The number of rotatable bonds is 7. The zero-order chi connectivity index (χ0) is 14.3. The van der Waals surface area contributed by atoms with Crippen molar-refractivity contribution in [2.24, 2.45) is 11.8 Å². The Balaban J connectivity index is 2.42. The summed E-state index contributed by atoms with van der Waals surface area (Å²) in [6.45, 7) is 4.06. The van der Waals surface area contributed by atoms with Gasteiger partial charge in [0.2, 0.25) is 0 Å². The molecule has 0 fully saturated rings. The summed E-state index contributed by atoms with van der Waals surface area (Å²) in [6, 6.07) is 9.32. The minimum Gasteiger partial charge on any atom is -0.481 e. The molecule has 0 heterocycles. The van der Waals surface area contributed by atoms with Crippen molar-refractivity contribution in [2.75, 3.05) is 0 Å². The number of hydrogen-bond acceptors (Lipinski definition) is 3. The molecular formula is C15H20O4. The molecule has 19 heavy (non-hydrogen) atoms. The van der Waals surface area contributed by atoms with Gasteiger partial charge < -0.3 is 9.84 Å². The number of hydrogen-bond donors (Lipinski definition) is 1. The molecule has 4 heteroatoms. The largest absolute Gasteiger partial charge is 0.481 e. The van der Waals surface area contributed by atoms with Crippen molar-refractivity contribution < 1.29 is 19.4 Å². The molecule has 0 aromatic heterocycles. The van der Waals surface area contributed by atoms with Crippen LogP contribution in [0.25, 0.3) is 0 Å². The van der Waals surface area contributed by atoms with Gasteiger partial charge in [-0.25, -0.2) is 0 Å². The monoisotopic (exact) mass is 264 g/mol. The number of benzene rings is 1. The Morgan fingerprint density at radius 1 is 1.21 bits per heavy atom. The second-order valence-corrected chi connectivity index (χ2v) is 5.02. The molecule has 0 bridgehead atoms. The molecular weight excluding hydrogens is 244 g/mol. The molecule has 0 aliphatic carbocycles. The van der Waals surface area contributed by atoms with E-state index in [-0.39, 0.29) is 18.9 Å². The van der Waals surface area contributed by atoms with Gasteiger partial charge in [0.15, 0.2) is 0 Å². The van der Waals surface area contributed by atoms with Crippen LogP contribution in [0.2, 0.25) is 0 Å². The Hall–Kier alpha value is -1.84. The number of aliphatic carboxylic acids is 1. The molecule has 0 saturated heterocycles. The smallest absolute Gasteiger partial charge is 0.307 e. The normalized spacial score (nSPS) is 12.2. The van der Waals surface area contributed by atoms with Crippen molar-refractivity contribution in [3.05, 3.63) is 35.9 Å². The molecule has 0 radical (unpaired) electrons. The van der Waals surface area contributed by atoms with Gasteiger partial charge in [0.05, 0.1) is 12.3 Å². The lowest BCUT2D eigenvalue weighted by molar-refractivity contribution is -0.152. The van der Waals surface area contributed by atoms with E-state index < -0.39 is 17.9 Å². The van der Waals surface area contributed by atoms with Crippen molar-refractivity contribution >= 4 is 11.9 Å². The summed E-state index contributed by atoms with van der Waals surface area (Å²) in [6.07, 6.45) is 0.413. The summed E-state index contributed by atoms with van der Waals surface area (Å²) in [5, 5.41) is 9.05. The summed E-state index contributed by atoms with van der Waals surface area (Å²) in [5.74, 6) is -1.83. The molecule has 4 nitrogen and oxygen atoms in total. The van der Waals surface area contributed by atoms with E-state index in [0.29, 0.717) is 6.42 Å². The van der Waals surface area contributed by atoms with Crippen LogP contribution in [0.3, 0.4) is 0 Å². The van der Waals surface area contributed by atoms with Crippen LogP contribution in [0.5, 0.6) is 0 Å². The highest BCUT2D eigenvalue weighted by atomic mass is 16.5. The Bertz CT molecular complexity index is 411. The quantitative estimate of drug-likeness (QED) is 0.769. The minimum absolute atomic E-state index is 0.0691. The minimum atomic E-state index is -0.939. The van der Waals surface area contributed by atoms with Crippen molar-refractivity contribution in [3.63, 3.8) is 0 Å². The summed E-state index contributed by atoms with van der Waals surface area (Å²) in [5.41, 5.74) is 0.895. The van der Waals surface area contributed by atoms with Gasteiger partial charge in [-0.2, -0.15) is 0 Å². The first kappa shape index (κ1) is 15.2. The SMILES string of the molecule is CC(C)C[C@@H](CC(=O)OCc1ccccc1)C(=O)O. The first-order valence-electron chi connectivity index (χ1n) is 6.41. The molecule has 0 aliphatic heterocycles. The fraction of sp³-hybridized carbons (Fsp3) is 0.467. The van der Waals surface area contributed by atoms with E-state index in [2.05, 4.69) is 0 Å². The molecule has 0 saturated carbocycles. The molecule has 104 valence electrons. The van der Waals surface area contributed by atoms with Crippen molar-refractivity contribution in [2.45, 2.75) is 33.3 Å². The van der Waals surface area contributed by atoms with Gasteiger partial charge in [-0.15, -0.1) is 0 Å². The number of carbonyl (C=O) groups excluding carboxylic acids is 1. The first-order valence-corrected chi connectivity index (χ1v) is 6.41. The van der Waals surface area contributed by atoms with Crippen LogP contribution in [0.1, 0.15) is 32.3 Å². The lowest BCUT2D eigenvalue weighted by atomic mass is 9.94. The standard InChI is InChI=1S/C15H20O4/c1-11(2)8-13(15(17)18)9-14(16)19-10-12-6-4-3-5-7-12/h3-7,11,13H,8-10H2,1-2H3,(H,17,18)/t13-/m0/s1. The number of ether oxygens (including phenoxy) is 1. The maximum absolute atomic E-state index is 11.6. The summed E-state index contributed by atoms with van der Waals surface area (Å²) in [4.78, 5) is 22.7.